The second-order valence-corrected chi connectivity index (χ2v) is 8.75. The van der Waals surface area contributed by atoms with Crippen molar-refractivity contribution < 1.29 is 13.2 Å². The first-order valence-corrected chi connectivity index (χ1v) is 11.2. The number of nitrogens with zero attached hydrogens (tertiary/aromatic N) is 2. The summed E-state index contributed by atoms with van der Waals surface area (Å²) in [5.74, 6) is -0.263. The van der Waals surface area contributed by atoms with Crippen LogP contribution in [0.3, 0.4) is 0 Å². The molecule has 1 saturated heterocycles. The molecule has 0 atom stereocenters. The van der Waals surface area contributed by atoms with Gasteiger partial charge in [-0.25, -0.2) is 8.42 Å². The monoisotopic (exact) mass is 401 g/mol. The fraction of sp³-hybridized carbons (Fsp3) is 0.381. The summed E-state index contributed by atoms with van der Waals surface area (Å²) in [5.41, 5.74) is 2.24. The third kappa shape index (κ3) is 4.36. The highest BCUT2D eigenvalue weighted by Gasteiger charge is 2.27. The number of hydrogen-bond donors (Lipinski definition) is 1. The van der Waals surface area contributed by atoms with Crippen LogP contribution in [0.5, 0.6) is 0 Å². The van der Waals surface area contributed by atoms with Crippen LogP contribution in [0.4, 0.5) is 11.4 Å². The van der Waals surface area contributed by atoms with E-state index in [1.807, 2.05) is 24.3 Å². The predicted octanol–water partition coefficient (Wildman–Crippen LogP) is 3.57. The second-order valence-electron chi connectivity index (χ2n) is 6.81. The summed E-state index contributed by atoms with van der Waals surface area (Å²) in [6.07, 6.45) is 1.79. The van der Waals surface area contributed by atoms with Gasteiger partial charge in [-0.15, -0.1) is 0 Å². The van der Waals surface area contributed by atoms with Gasteiger partial charge < -0.3 is 10.2 Å². The van der Waals surface area contributed by atoms with Crippen molar-refractivity contribution in [2.45, 2.75) is 31.6 Å². The largest absolute Gasteiger partial charge is 0.372 e. The van der Waals surface area contributed by atoms with E-state index in [-0.39, 0.29) is 10.8 Å². The number of anilines is 2. The van der Waals surface area contributed by atoms with Crippen LogP contribution in [0.25, 0.3) is 0 Å². The molecular formula is C21H27N3O3S. The number of nitrogens with one attached hydrogen (secondary N) is 1. The van der Waals surface area contributed by atoms with E-state index in [9.17, 15) is 13.2 Å². The standard InChI is InChI=1S/C21H27N3O3S/c1-3-23(4-2)19-11-9-18(10-12-19)22-21(25)17-7-13-20(14-8-17)28(26,27)24-15-5-6-16-24/h7-14H,3-6,15-16H2,1-2H3,(H,22,25). The Morgan fingerprint density at radius 2 is 1.54 bits per heavy atom. The zero-order chi connectivity index (χ0) is 20.1. The molecule has 1 amide bonds. The average Bonchev–Trinajstić information content (AvgIpc) is 3.26. The molecular weight excluding hydrogens is 374 g/mol. The van der Waals surface area contributed by atoms with Gasteiger partial charge in [0.05, 0.1) is 4.90 Å². The molecule has 0 aliphatic carbocycles. The van der Waals surface area contributed by atoms with E-state index >= 15 is 0 Å². The third-order valence-corrected chi connectivity index (χ3v) is 6.99. The number of carbonyl (C=O) groups is 1. The highest BCUT2D eigenvalue weighted by atomic mass is 32.2. The molecule has 0 aromatic heterocycles. The van der Waals surface area contributed by atoms with Gasteiger partial charge >= 0.3 is 0 Å². The molecule has 0 bridgehead atoms. The molecule has 1 aliphatic rings. The molecule has 6 nitrogen and oxygen atoms in total. The van der Waals surface area contributed by atoms with Crippen molar-refractivity contribution in [1.29, 1.82) is 0 Å². The molecule has 1 heterocycles. The van der Waals surface area contributed by atoms with E-state index in [1.165, 1.54) is 16.4 Å². The summed E-state index contributed by atoms with van der Waals surface area (Å²) >= 11 is 0. The van der Waals surface area contributed by atoms with Crippen LogP contribution in [0.1, 0.15) is 37.0 Å². The van der Waals surface area contributed by atoms with Gasteiger partial charge in [0.15, 0.2) is 0 Å². The Morgan fingerprint density at radius 3 is 2.07 bits per heavy atom. The lowest BCUT2D eigenvalue weighted by molar-refractivity contribution is 0.102. The van der Waals surface area contributed by atoms with Gasteiger partial charge in [0, 0.05) is 43.1 Å². The minimum Gasteiger partial charge on any atom is -0.372 e. The molecule has 28 heavy (non-hydrogen) atoms. The molecule has 7 heteroatoms. The fourth-order valence-electron chi connectivity index (χ4n) is 3.40. The molecule has 2 aromatic rings. The Labute approximate surface area is 167 Å². The quantitative estimate of drug-likeness (QED) is 0.770. The van der Waals surface area contributed by atoms with Crippen LogP contribution in [-0.2, 0) is 10.0 Å². The lowest BCUT2D eigenvalue weighted by atomic mass is 10.2. The summed E-state index contributed by atoms with van der Waals surface area (Å²) in [4.78, 5) is 14.9. The molecule has 150 valence electrons. The van der Waals surface area contributed by atoms with Crippen LogP contribution in [0.15, 0.2) is 53.4 Å². The Bertz CT molecular complexity index is 899. The smallest absolute Gasteiger partial charge is 0.255 e. The van der Waals surface area contributed by atoms with E-state index in [0.717, 1.165) is 31.6 Å². The topological polar surface area (TPSA) is 69.7 Å². The summed E-state index contributed by atoms with van der Waals surface area (Å²) in [7, 11) is -3.46. The SMILES string of the molecule is CCN(CC)c1ccc(NC(=O)c2ccc(S(=O)(=O)N3CCCC3)cc2)cc1. The van der Waals surface area contributed by atoms with E-state index < -0.39 is 10.0 Å². The Morgan fingerprint density at radius 1 is 0.964 bits per heavy atom. The van der Waals surface area contributed by atoms with Crippen molar-refractivity contribution in [2.24, 2.45) is 0 Å². The highest BCUT2D eigenvalue weighted by Crippen LogP contribution is 2.22. The first kappa shape index (κ1) is 20.4. The van der Waals surface area contributed by atoms with Gasteiger partial charge in [0.2, 0.25) is 10.0 Å². The summed E-state index contributed by atoms with van der Waals surface area (Å²) in [6, 6.07) is 13.8. The van der Waals surface area contributed by atoms with E-state index in [2.05, 4.69) is 24.1 Å². The van der Waals surface area contributed by atoms with Crippen LogP contribution >= 0.6 is 0 Å². The van der Waals surface area contributed by atoms with Crippen molar-refractivity contribution >= 4 is 27.3 Å². The average molecular weight is 402 g/mol. The van der Waals surface area contributed by atoms with E-state index in [0.29, 0.717) is 24.3 Å². The fourth-order valence-corrected chi connectivity index (χ4v) is 4.92. The van der Waals surface area contributed by atoms with E-state index in [4.69, 9.17) is 0 Å². The number of amides is 1. The maximum absolute atomic E-state index is 12.6. The Kier molecular flexibility index (Phi) is 6.36. The van der Waals surface area contributed by atoms with Crippen molar-refractivity contribution in [3.05, 3.63) is 54.1 Å². The highest BCUT2D eigenvalue weighted by molar-refractivity contribution is 7.89. The number of sulfonamides is 1. The molecule has 0 radical (unpaired) electrons. The molecule has 1 aliphatic heterocycles. The van der Waals surface area contributed by atoms with Crippen molar-refractivity contribution in [3.8, 4) is 0 Å². The second kappa shape index (κ2) is 8.75. The molecule has 1 N–H and O–H groups in total. The summed E-state index contributed by atoms with van der Waals surface area (Å²) in [5, 5.41) is 2.86. The van der Waals surface area contributed by atoms with Gasteiger partial charge in [-0.1, -0.05) is 0 Å². The number of rotatable bonds is 7. The van der Waals surface area contributed by atoms with Gasteiger partial charge in [0.25, 0.3) is 5.91 Å². The molecule has 1 fully saturated rings. The zero-order valence-corrected chi connectivity index (χ0v) is 17.2. The third-order valence-electron chi connectivity index (χ3n) is 5.07. The van der Waals surface area contributed by atoms with Gasteiger partial charge in [-0.2, -0.15) is 4.31 Å². The van der Waals surface area contributed by atoms with Crippen molar-refractivity contribution in [2.75, 3.05) is 36.4 Å². The first-order valence-electron chi connectivity index (χ1n) is 9.72. The molecule has 2 aromatic carbocycles. The summed E-state index contributed by atoms with van der Waals surface area (Å²) in [6.45, 7) is 7.19. The number of hydrogen-bond acceptors (Lipinski definition) is 4. The van der Waals surface area contributed by atoms with Crippen molar-refractivity contribution in [3.63, 3.8) is 0 Å². The van der Waals surface area contributed by atoms with E-state index in [1.54, 1.807) is 12.1 Å². The normalized spacial score (nSPS) is 14.8. The lowest BCUT2D eigenvalue weighted by Gasteiger charge is -2.21. The zero-order valence-electron chi connectivity index (χ0n) is 16.4. The van der Waals surface area contributed by atoms with Gasteiger partial charge in [0.1, 0.15) is 0 Å². The Hall–Kier alpha value is -2.38. The van der Waals surface area contributed by atoms with Gasteiger partial charge in [-0.3, -0.25) is 4.79 Å². The van der Waals surface area contributed by atoms with Crippen LogP contribution in [0.2, 0.25) is 0 Å². The molecule has 0 unspecified atom stereocenters. The van der Waals surface area contributed by atoms with Crippen LogP contribution in [0, 0.1) is 0 Å². The molecule has 0 saturated carbocycles. The number of carbonyl (C=O) groups excluding carboxylic acids is 1. The Balaban J connectivity index is 1.68. The van der Waals surface area contributed by atoms with Crippen molar-refractivity contribution in [1.82, 2.24) is 4.31 Å². The van der Waals surface area contributed by atoms with Crippen LogP contribution in [-0.4, -0.2) is 44.8 Å². The van der Waals surface area contributed by atoms with Crippen LogP contribution < -0.4 is 10.2 Å². The number of benzene rings is 2. The predicted molar refractivity (Wildman–Crippen MR) is 112 cm³/mol. The molecule has 0 spiro atoms. The minimum atomic E-state index is -3.46. The molecule has 3 rings (SSSR count). The summed E-state index contributed by atoms with van der Waals surface area (Å²) < 4.78 is 26.6. The lowest BCUT2D eigenvalue weighted by Crippen LogP contribution is -2.27. The first-order chi connectivity index (χ1) is 13.5. The minimum absolute atomic E-state index is 0.231. The van der Waals surface area contributed by atoms with Gasteiger partial charge in [-0.05, 0) is 75.2 Å². The maximum Gasteiger partial charge on any atom is 0.255 e. The maximum atomic E-state index is 12.6.